The second-order valence-corrected chi connectivity index (χ2v) is 8.06. The van der Waals surface area contributed by atoms with Crippen molar-refractivity contribution in [3.8, 4) is 11.5 Å². The SMILES string of the molecule is BB(CNC(=O)CC(=O)NCBc1cc(C)c(O)c(C)c1)c1cc(C)c(O)c(C)c1. The van der Waals surface area contributed by atoms with Crippen molar-refractivity contribution in [2.24, 2.45) is 0 Å². The molecule has 0 fully saturated rings. The Morgan fingerprint density at radius 1 is 0.900 bits per heavy atom. The van der Waals surface area contributed by atoms with Gasteiger partial charge in [0.05, 0.1) is 7.74 Å². The molecule has 2 amide bonds. The van der Waals surface area contributed by atoms with Gasteiger partial charge in [-0.1, -0.05) is 35.2 Å². The highest BCUT2D eigenvalue weighted by Gasteiger charge is 2.16. The summed E-state index contributed by atoms with van der Waals surface area (Å²) in [6.45, 7) is 7.45. The number of carbonyl (C=O) groups is 2. The first-order valence-electron chi connectivity index (χ1n) is 10.2. The van der Waals surface area contributed by atoms with E-state index in [1.807, 2.05) is 59.7 Å². The predicted octanol–water partition coefficient (Wildman–Crippen LogP) is -0.956. The molecule has 4 N–H and O–H groups in total. The Kier molecular flexibility index (Phi) is 8.04. The third-order valence-electron chi connectivity index (χ3n) is 5.30. The molecule has 0 heterocycles. The van der Waals surface area contributed by atoms with Gasteiger partial charge in [0.25, 0.3) is 0 Å². The Morgan fingerprint density at radius 3 is 1.90 bits per heavy atom. The van der Waals surface area contributed by atoms with Gasteiger partial charge in [0.15, 0.2) is 13.9 Å². The smallest absolute Gasteiger partial charge is 0.228 e. The van der Waals surface area contributed by atoms with Crippen molar-refractivity contribution in [1.29, 1.82) is 0 Å². The molecule has 9 heteroatoms. The average Bonchev–Trinajstić information content (AvgIpc) is 2.67. The highest BCUT2D eigenvalue weighted by molar-refractivity contribution is 7.11. The Hall–Kier alpha value is -2.83. The molecule has 2 rings (SSSR count). The van der Waals surface area contributed by atoms with E-state index in [9.17, 15) is 19.8 Å². The molecule has 30 heavy (non-hydrogen) atoms. The number of rotatable bonds is 8. The van der Waals surface area contributed by atoms with E-state index in [4.69, 9.17) is 0 Å². The summed E-state index contributed by atoms with van der Waals surface area (Å²) in [4.78, 5) is 24.1. The van der Waals surface area contributed by atoms with Crippen LogP contribution in [0.3, 0.4) is 0 Å². The van der Waals surface area contributed by atoms with Crippen LogP contribution in [0, 0.1) is 27.7 Å². The van der Waals surface area contributed by atoms with Crippen molar-refractivity contribution in [3.63, 3.8) is 0 Å². The number of carbonyl (C=O) groups excluding carboxylic acids is 2. The van der Waals surface area contributed by atoms with E-state index in [1.54, 1.807) is 0 Å². The van der Waals surface area contributed by atoms with E-state index in [0.29, 0.717) is 31.7 Å². The number of benzene rings is 2. The van der Waals surface area contributed by atoms with E-state index in [1.165, 1.54) is 0 Å². The summed E-state index contributed by atoms with van der Waals surface area (Å²) in [6.07, 6.45) is 0.633. The Bertz CT molecular complexity index is 904. The van der Waals surface area contributed by atoms with Crippen LogP contribution in [0.25, 0.3) is 0 Å². The normalized spacial score (nSPS) is 10.4. The van der Waals surface area contributed by atoms with E-state index < -0.39 is 0 Å². The molecule has 0 saturated carbocycles. The second-order valence-electron chi connectivity index (χ2n) is 8.06. The van der Waals surface area contributed by atoms with Crippen LogP contribution < -0.4 is 21.6 Å². The number of hydrogen-bond acceptors (Lipinski definition) is 4. The van der Waals surface area contributed by atoms with Crippen LogP contribution in [0.4, 0.5) is 0 Å². The number of amides is 2. The fraction of sp³-hybridized carbons (Fsp3) is 0.333. The summed E-state index contributed by atoms with van der Waals surface area (Å²) in [6, 6.07) is 7.63. The number of aromatic hydroxyl groups is 2. The molecule has 0 atom stereocenters. The topological polar surface area (TPSA) is 98.7 Å². The molecule has 2 aromatic carbocycles. The fourth-order valence-corrected chi connectivity index (χ4v) is 3.47. The van der Waals surface area contributed by atoms with Gasteiger partial charge in [0, 0.05) is 0 Å². The molecule has 0 aromatic heterocycles. The van der Waals surface area contributed by atoms with E-state index in [0.717, 1.165) is 33.2 Å². The van der Waals surface area contributed by atoms with Crippen molar-refractivity contribution in [2.75, 3.05) is 12.9 Å². The maximum atomic E-state index is 12.1. The quantitative estimate of drug-likeness (QED) is 0.336. The summed E-state index contributed by atoms with van der Waals surface area (Å²) >= 11 is 0. The van der Waals surface area contributed by atoms with Crippen molar-refractivity contribution in [3.05, 3.63) is 46.5 Å². The van der Waals surface area contributed by atoms with Gasteiger partial charge in [-0.05, 0) is 62.8 Å². The van der Waals surface area contributed by atoms with Gasteiger partial charge in [-0.15, -0.1) is 0 Å². The minimum atomic E-state index is -0.317. The largest absolute Gasteiger partial charge is 0.507 e. The zero-order valence-electron chi connectivity index (χ0n) is 18.4. The first-order chi connectivity index (χ1) is 14.1. The number of hydrogen-bond donors (Lipinski definition) is 4. The van der Waals surface area contributed by atoms with Crippen LogP contribution in [0.5, 0.6) is 11.5 Å². The zero-order chi connectivity index (χ0) is 22.4. The van der Waals surface area contributed by atoms with Gasteiger partial charge in [-0.3, -0.25) is 9.59 Å². The maximum absolute atomic E-state index is 12.1. The Balaban J connectivity index is 1.76. The second kappa shape index (κ2) is 10.3. The van der Waals surface area contributed by atoms with Gasteiger partial charge in [-0.25, -0.2) is 0 Å². The molecule has 0 aliphatic heterocycles. The molecule has 0 unspecified atom stereocenters. The summed E-state index contributed by atoms with van der Waals surface area (Å²) in [5, 5.41) is 25.3. The molecule has 156 valence electrons. The summed E-state index contributed by atoms with van der Waals surface area (Å²) in [5.74, 6) is -0.0396. The van der Waals surface area contributed by atoms with Crippen LogP contribution >= 0.6 is 0 Å². The van der Waals surface area contributed by atoms with E-state index in [-0.39, 0.29) is 24.8 Å². The molecule has 0 spiro atoms. The molecule has 0 aliphatic rings. The van der Waals surface area contributed by atoms with Gasteiger partial charge in [-0.2, -0.15) is 0 Å². The highest BCUT2D eigenvalue weighted by atomic mass is 16.3. The fourth-order valence-electron chi connectivity index (χ4n) is 3.47. The van der Waals surface area contributed by atoms with Crippen molar-refractivity contribution >= 4 is 44.4 Å². The first-order valence-corrected chi connectivity index (χ1v) is 10.2. The van der Waals surface area contributed by atoms with E-state index >= 15 is 0 Å². The number of phenols is 2. The third kappa shape index (κ3) is 6.34. The molecule has 0 aliphatic carbocycles. The molecular formula is C21H29B3N2O4. The Labute approximate surface area is 180 Å². The molecule has 0 saturated heterocycles. The summed E-state index contributed by atoms with van der Waals surface area (Å²) in [7, 11) is 2.62. The zero-order valence-corrected chi connectivity index (χ0v) is 18.4. The standard InChI is InChI=1S/C21H29B3N2O4/c1-12-5-16(6-13(2)20(12)29)23-10-25-18(27)9-19(28)26-11-24(22)17-7-14(3)21(30)15(4)8-17/h5-8,23,29-30H,9-11,22H2,1-4H3,(H,25,27)(H,26,28). The minimum absolute atomic E-state index is 0.0657. The lowest BCUT2D eigenvalue weighted by molar-refractivity contribution is -0.128. The van der Waals surface area contributed by atoms with Gasteiger partial charge < -0.3 is 20.8 Å². The predicted molar refractivity (Wildman–Crippen MR) is 127 cm³/mol. The molecule has 2 aromatic rings. The van der Waals surface area contributed by atoms with Gasteiger partial charge >= 0.3 is 0 Å². The van der Waals surface area contributed by atoms with E-state index in [2.05, 4.69) is 10.6 Å². The number of nitrogens with one attached hydrogen (secondary N) is 2. The summed E-state index contributed by atoms with van der Waals surface area (Å²) < 4.78 is 0. The molecular weight excluding hydrogens is 377 g/mol. The van der Waals surface area contributed by atoms with Crippen LogP contribution in [0.1, 0.15) is 28.7 Å². The number of aryl methyl sites for hydroxylation is 4. The molecule has 0 bridgehead atoms. The van der Waals surface area contributed by atoms with Crippen molar-refractivity contribution < 1.29 is 19.8 Å². The monoisotopic (exact) mass is 406 g/mol. The number of phenolic OH excluding ortho intramolecular Hbond substituents is 2. The van der Waals surface area contributed by atoms with Crippen molar-refractivity contribution in [1.82, 2.24) is 10.6 Å². The lowest BCUT2D eigenvalue weighted by Gasteiger charge is -2.14. The molecule has 6 nitrogen and oxygen atoms in total. The lowest BCUT2D eigenvalue weighted by atomic mass is 9.29. The van der Waals surface area contributed by atoms with Crippen LogP contribution in [-0.4, -0.2) is 56.5 Å². The van der Waals surface area contributed by atoms with Gasteiger partial charge in [0.2, 0.25) is 11.8 Å². The maximum Gasteiger partial charge on any atom is 0.228 e. The third-order valence-corrected chi connectivity index (χ3v) is 5.30. The van der Waals surface area contributed by atoms with Crippen LogP contribution in [0.2, 0.25) is 0 Å². The highest BCUT2D eigenvalue weighted by Crippen LogP contribution is 2.19. The minimum Gasteiger partial charge on any atom is -0.507 e. The lowest BCUT2D eigenvalue weighted by Crippen LogP contribution is -2.45. The van der Waals surface area contributed by atoms with Crippen LogP contribution in [-0.2, 0) is 9.59 Å². The Morgan fingerprint density at radius 2 is 1.37 bits per heavy atom. The van der Waals surface area contributed by atoms with Crippen LogP contribution in [0.15, 0.2) is 24.3 Å². The average molecular weight is 406 g/mol. The van der Waals surface area contributed by atoms with Crippen molar-refractivity contribution in [2.45, 2.75) is 34.1 Å². The van der Waals surface area contributed by atoms with Gasteiger partial charge in [0.1, 0.15) is 17.9 Å². The molecule has 0 radical (unpaired) electrons. The summed E-state index contributed by atoms with van der Waals surface area (Å²) in [5.41, 5.74) is 5.30. The first kappa shape index (κ1) is 23.5.